The summed E-state index contributed by atoms with van der Waals surface area (Å²) < 4.78 is 5.14. The lowest BCUT2D eigenvalue weighted by molar-refractivity contribution is 0.185. The standard InChI is InChI=1S/C12H19NO/c1-4-10(2)13-12-8-6-5-7-11(12)9-14-3/h5-8,10,13H,4,9H2,1-3H3. The lowest BCUT2D eigenvalue weighted by Gasteiger charge is -2.16. The summed E-state index contributed by atoms with van der Waals surface area (Å²) >= 11 is 0. The topological polar surface area (TPSA) is 21.3 Å². The van der Waals surface area contributed by atoms with Crippen molar-refractivity contribution in [3.05, 3.63) is 29.8 Å². The number of para-hydroxylation sites is 1. The third-order valence-corrected chi connectivity index (χ3v) is 2.33. The first-order valence-electron chi connectivity index (χ1n) is 5.11. The van der Waals surface area contributed by atoms with Crippen molar-refractivity contribution >= 4 is 5.69 Å². The fourth-order valence-corrected chi connectivity index (χ4v) is 1.31. The lowest BCUT2D eigenvalue weighted by Crippen LogP contribution is -2.14. The molecular formula is C12H19NO. The molecule has 0 spiro atoms. The summed E-state index contributed by atoms with van der Waals surface area (Å²) in [5, 5.41) is 3.46. The Bertz CT molecular complexity index is 273. The van der Waals surface area contributed by atoms with E-state index in [-0.39, 0.29) is 0 Å². The molecule has 78 valence electrons. The van der Waals surface area contributed by atoms with E-state index >= 15 is 0 Å². The second-order valence-corrected chi connectivity index (χ2v) is 3.54. The molecule has 2 heteroatoms. The monoisotopic (exact) mass is 193 g/mol. The molecule has 0 aliphatic carbocycles. The Hall–Kier alpha value is -1.02. The van der Waals surface area contributed by atoms with Crippen LogP contribution in [0.4, 0.5) is 5.69 Å². The van der Waals surface area contributed by atoms with Crippen molar-refractivity contribution < 1.29 is 4.74 Å². The Balaban J connectivity index is 2.73. The van der Waals surface area contributed by atoms with Gasteiger partial charge in [-0.3, -0.25) is 0 Å². The summed E-state index contributed by atoms with van der Waals surface area (Å²) in [6, 6.07) is 8.78. The van der Waals surface area contributed by atoms with Gasteiger partial charge in [0.15, 0.2) is 0 Å². The fraction of sp³-hybridized carbons (Fsp3) is 0.500. The minimum atomic E-state index is 0.507. The van der Waals surface area contributed by atoms with Crippen LogP contribution in [0.1, 0.15) is 25.8 Å². The van der Waals surface area contributed by atoms with Crippen LogP contribution in [0.25, 0.3) is 0 Å². The van der Waals surface area contributed by atoms with Crippen LogP contribution in [-0.2, 0) is 11.3 Å². The molecule has 0 aliphatic heterocycles. The van der Waals surface area contributed by atoms with E-state index in [4.69, 9.17) is 4.74 Å². The Labute approximate surface area is 86.3 Å². The molecule has 0 amide bonds. The van der Waals surface area contributed by atoms with Crippen molar-refractivity contribution in [2.24, 2.45) is 0 Å². The number of ether oxygens (including phenoxy) is 1. The Morgan fingerprint density at radius 3 is 2.71 bits per heavy atom. The summed E-state index contributed by atoms with van der Waals surface area (Å²) in [6.45, 7) is 5.03. The predicted octanol–water partition coefficient (Wildman–Crippen LogP) is 3.04. The van der Waals surface area contributed by atoms with E-state index in [0.29, 0.717) is 12.6 Å². The van der Waals surface area contributed by atoms with Gasteiger partial charge in [0.05, 0.1) is 6.61 Å². The maximum atomic E-state index is 5.14. The van der Waals surface area contributed by atoms with E-state index < -0.39 is 0 Å². The highest BCUT2D eigenvalue weighted by Gasteiger charge is 2.03. The van der Waals surface area contributed by atoms with Crippen LogP contribution in [0.2, 0.25) is 0 Å². The molecule has 0 bridgehead atoms. The molecule has 14 heavy (non-hydrogen) atoms. The maximum Gasteiger partial charge on any atom is 0.0733 e. The number of nitrogens with one attached hydrogen (secondary N) is 1. The molecular weight excluding hydrogens is 174 g/mol. The van der Waals surface area contributed by atoms with Gasteiger partial charge in [-0.25, -0.2) is 0 Å². The van der Waals surface area contributed by atoms with Crippen LogP contribution in [0.3, 0.4) is 0 Å². The van der Waals surface area contributed by atoms with Crippen LogP contribution in [0, 0.1) is 0 Å². The number of anilines is 1. The average molecular weight is 193 g/mol. The Kier molecular flexibility index (Phi) is 4.47. The van der Waals surface area contributed by atoms with Crippen molar-refractivity contribution in [3.63, 3.8) is 0 Å². The van der Waals surface area contributed by atoms with Crippen molar-refractivity contribution in [1.82, 2.24) is 0 Å². The first kappa shape index (κ1) is 11.1. The van der Waals surface area contributed by atoms with Gasteiger partial charge in [-0.2, -0.15) is 0 Å². The molecule has 1 rings (SSSR count). The van der Waals surface area contributed by atoms with Crippen molar-refractivity contribution in [1.29, 1.82) is 0 Å². The molecule has 2 nitrogen and oxygen atoms in total. The van der Waals surface area contributed by atoms with Crippen molar-refractivity contribution in [2.45, 2.75) is 32.9 Å². The zero-order valence-corrected chi connectivity index (χ0v) is 9.21. The molecule has 0 radical (unpaired) electrons. The molecule has 0 aliphatic rings. The highest BCUT2D eigenvalue weighted by Crippen LogP contribution is 2.17. The summed E-state index contributed by atoms with van der Waals surface area (Å²) in [6.07, 6.45) is 1.13. The van der Waals surface area contributed by atoms with Crippen LogP contribution in [0.15, 0.2) is 24.3 Å². The highest BCUT2D eigenvalue weighted by atomic mass is 16.5. The van der Waals surface area contributed by atoms with Crippen LogP contribution < -0.4 is 5.32 Å². The van der Waals surface area contributed by atoms with Gasteiger partial charge >= 0.3 is 0 Å². The van der Waals surface area contributed by atoms with Gasteiger partial charge in [-0.1, -0.05) is 25.1 Å². The maximum absolute atomic E-state index is 5.14. The third kappa shape index (κ3) is 3.04. The molecule has 0 fully saturated rings. The van der Waals surface area contributed by atoms with E-state index in [0.717, 1.165) is 6.42 Å². The van der Waals surface area contributed by atoms with Gasteiger partial charge in [-0.15, -0.1) is 0 Å². The largest absolute Gasteiger partial charge is 0.382 e. The Morgan fingerprint density at radius 1 is 1.36 bits per heavy atom. The second kappa shape index (κ2) is 5.66. The highest BCUT2D eigenvalue weighted by molar-refractivity contribution is 5.51. The quantitative estimate of drug-likeness (QED) is 0.776. The molecule has 0 aromatic heterocycles. The van der Waals surface area contributed by atoms with Crippen LogP contribution in [-0.4, -0.2) is 13.2 Å². The fourth-order valence-electron chi connectivity index (χ4n) is 1.31. The molecule has 1 N–H and O–H groups in total. The summed E-state index contributed by atoms with van der Waals surface area (Å²) in [4.78, 5) is 0. The molecule has 1 unspecified atom stereocenters. The number of hydrogen-bond donors (Lipinski definition) is 1. The predicted molar refractivity (Wildman–Crippen MR) is 60.5 cm³/mol. The smallest absolute Gasteiger partial charge is 0.0733 e. The van der Waals surface area contributed by atoms with Gasteiger partial charge in [0.25, 0.3) is 0 Å². The van der Waals surface area contributed by atoms with Gasteiger partial charge in [0.2, 0.25) is 0 Å². The molecule has 0 heterocycles. The zero-order chi connectivity index (χ0) is 10.4. The molecule has 0 saturated carbocycles. The van der Waals surface area contributed by atoms with Gasteiger partial charge < -0.3 is 10.1 Å². The number of benzene rings is 1. The van der Waals surface area contributed by atoms with Crippen molar-refractivity contribution in [3.8, 4) is 0 Å². The summed E-state index contributed by atoms with van der Waals surface area (Å²) in [5.41, 5.74) is 2.40. The summed E-state index contributed by atoms with van der Waals surface area (Å²) in [5.74, 6) is 0. The van der Waals surface area contributed by atoms with E-state index in [9.17, 15) is 0 Å². The second-order valence-electron chi connectivity index (χ2n) is 3.54. The van der Waals surface area contributed by atoms with E-state index in [1.165, 1.54) is 11.3 Å². The molecule has 1 aromatic rings. The summed E-state index contributed by atoms with van der Waals surface area (Å²) in [7, 11) is 1.72. The third-order valence-electron chi connectivity index (χ3n) is 2.33. The van der Waals surface area contributed by atoms with E-state index in [2.05, 4.69) is 31.3 Å². The van der Waals surface area contributed by atoms with Gasteiger partial charge in [0.1, 0.15) is 0 Å². The number of hydrogen-bond acceptors (Lipinski definition) is 2. The SMILES string of the molecule is CCC(C)Nc1ccccc1COC. The molecule has 1 atom stereocenters. The molecule has 1 aromatic carbocycles. The lowest BCUT2D eigenvalue weighted by atomic mass is 10.1. The normalized spacial score (nSPS) is 12.5. The number of methoxy groups -OCH3 is 1. The minimum Gasteiger partial charge on any atom is -0.382 e. The van der Waals surface area contributed by atoms with Gasteiger partial charge in [-0.05, 0) is 19.4 Å². The first-order chi connectivity index (χ1) is 6.77. The Morgan fingerprint density at radius 2 is 2.07 bits per heavy atom. The van der Waals surface area contributed by atoms with Crippen LogP contribution >= 0.6 is 0 Å². The number of rotatable bonds is 5. The van der Waals surface area contributed by atoms with E-state index in [1.54, 1.807) is 7.11 Å². The zero-order valence-electron chi connectivity index (χ0n) is 9.21. The van der Waals surface area contributed by atoms with Gasteiger partial charge in [0, 0.05) is 24.4 Å². The first-order valence-corrected chi connectivity index (χ1v) is 5.11. The van der Waals surface area contributed by atoms with E-state index in [1.807, 2.05) is 12.1 Å². The minimum absolute atomic E-state index is 0.507. The average Bonchev–Trinajstić information content (AvgIpc) is 2.21. The van der Waals surface area contributed by atoms with Crippen LogP contribution in [0.5, 0.6) is 0 Å². The van der Waals surface area contributed by atoms with Crippen molar-refractivity contribution in [2.75, 3.05) is 12.4 Å². The molecule has 0 saturated heterocycles.